The van der Waals surface area contributed by atoms with Crippen LogP contribution in [0.3, 0.4) is 0 Å². The van der Waals surface area contributed by atoms with Gasteiger partial charge in [0.15, 0.2) is 0 Å². The highest BCUT2D eigenvalue weighted by atomic mass is 32.1. The van der Waals surface area contributed by atoms with Gasteiger partial charge in [0.1, 0.15) is 5.01 Å². The fourth-order valence-electron chi connectivity index (χ4n) is 2.37. The highest BCUT2D eigenvalue weighted by molar-refractivity contribution is 7.21. The number of pyridine rings is 1. The maximum absolute atomic E-state index is 11.1. The second kappa shape index (κ2) is 5.33. The minimum Gasteiger partial charge on any atom is -0.478 e. The van der Waals surface area contributed by atoms with Gasteiger partial charge in [0.25, 0.3) is 0 Å². The molecule has 3 aromatic heterocycles. The largest absolute Gasteiger partial charge is 0.478 e. The number of carboxylic acids is 1. The number of carbonyl (C=O) groups is 1. The molecule has 4 aromatic rings. The highest BCUT2D eigenvalue weighted by Gasteiger charge is 2.11. The number of para-hydroxylation sites is 1. The van der Waals surface area contributed by atoms with E-state index in [9.17, 15) is 4.79 Å². The number of nitrogens with one attached hydrogen (secondary N) is 1. The number of rotatable bonds is 3. The molecule has 0 amide bonds. The van der Waals surface area contributed by atoms with Gasteiger partial charge in [-0.2, -0.15) is 0 Å². The average molecular weight is 321 g/mol. The van der Waals surface area contributed by atoms with E-state index in [4.69, 9.17) is 5.11 Å². The Morgan fingerprint density at radius 1 is 1.09 bits per heavy atom. The number of fused-ring (bicyclic) bond motifs is 1. The first kappa shape index (κ1) is 13.7. The zero-order valence-electron chi connectivity index (χ0n) is 11.9. The fourth-order valence-corrected chi connectivity index (χ4v) is 3.31. The normalized spacial score (nSPS) is 11.0. The SMILES string of the molecule is O=C(O)c1ccnc(-c2ccc(-c3nc4ccccc4s3)[nH]2)c1. The predicted octanol–water partition coefficient (Wildman–Crippen LogP) is 4.05. The van der Waals surface area contributed by atoms with E-state index in [1.807, 2.05) is 36.4 Å². The Labute approximate surface area is 135 Å². The molecule has 0 fully saturated rings. The topological polar surface area (TPSA) is 78.9 Å². The van der Waals surface area contributed by atoms with Gasteiger partial charge in [-0.15, -0.1) is 11.3 Å². The standard InChI is InChI=1S/C17H11N3O2S/c21-17(22)10-7-8-18-14(9-10)11-5-6-13(19-11)16-20-12-3-1-2-4-15(12)23-16/h1-9,19H,(H,21,22). The zero-order valence-corrected chi connectivity index (χ0v) is 12.7. The van der Waals surface area contributed by atoms with Crippen LogP contribution in [0, 0.1) is 0 Å². The van der Waals surface area contributed by atoms with Crippen molar-refractivity contribution < 1.29 is 9.90 Å². The molecule has 4 rings (SSSR count). The lowest BCUT2D eigenvalue weighted by atomic mass is 10.2. The lowest BCUT2D eigenvalue weighted by Gasteiger charge is -1.99. The van der Waals surface area contributed by atoms with Crippen LogP contribution in [-0.4, -0.2) is 26.0 Å². The molecule has 0 aliphatic heterocycles. The Bertz CT molecular complexity index is 986. The summed E-state index contributed by atoms with van der Waals surface area (Å²) in [4.78, 5) is 23.2. The third-order valence-electron chi connectivity index (χ3n) is 3.49. The smallest absolute Gasteiger partial charge is 0.335 e. The summed E-state index contributed by atoms with van der Waals surface area (Å²) in [6.45, 7) is 0. The van der Waals surface area contributed by atoms with Gasteiger partial charge >= 0.3 is 5.97 Å². The summed E-state index contributed by atoms with van der Waals surface area (Å²) in [5.74, 6) is -0.966. The van der Waals surface area contributed by atoms with Crippen LogP contribution in [0.2, 0.25) is 0 Å². The molecular formula is C17H11N3O2S. The van der Waals surface area contributed by atoms with E-state index in [-0.39, 0.29) is 5.56 Å². The van der Waals surface area contributed by atoms with Crippen molar-refractivity contribution in [1.29, 1.82) is 0 Å². The molecule has 6 heteroatoms. The van der Waals surface area contributed by atoms with E-state index in [0.29, 0.717) is 5.69 Å². The maximum atomic E-state index is 11.1. The minimum absolute atomic E-state index is 0.214. The average Bonchev–Trinajstić information content (AvgIpc) is 3.21. The Morgan fingerprint density at radius 2 is 1.91 bits per heavy atom. The summed E-state index contributed by atoms with van der Waals surface area (Å²) < 4.78 is 1.13. The van der Waals surface area contributed by atoms with Crippen LogP contribution in [0.15, 0.2) is 54.7 Å². The van der Waals surface area contributed by atoms with Gasteiger partial charge in [0, 0.05) is 6.20 Å². The van der Waals surface area contributed by atoms with E-state index >= 15 is 0 Å². The molecule has 1 aromatic carbocycles. The first-order chi connectivity index (χ1) is 11.2. The van der Waals surface area contributed by atoms with Gasteiger partial charge in [-0.1, -0.05) is 12.1 Å². The van der Waals surface area contributed by atoms with Crippen LogP contribution in [0.25, 0.3) is 32.3 Å². The molecular weight excluding hydrogens is 310 g/mol. The first-order valence-electron chi connectivity index (χ1n) is 6.95. The number of aromatic nitrogens is 3. The summed E-state index contributed by atoms with van der Waals surface area (Å²) in [6, 6.07) is 14.8. The summed E-state index contributed by atoms with van der Waals surface area (Å²) in [7, 11) is 0. The number of hydrogen-bond donors (Lipinski definition) is 2. The van der Waals surface area contributed by atoms with Crippen molar-refractivity contribution in [1.82, 2.24) is 15.0 Å². The molecule has 3 heterocycles. The number of carboxylic acid groups (broad SMARTS) is 1. The number of benzene rings is 1. The van der Waals surface area contributed by atoms with Crippen molar-refractivity contribution in [2.24, 2.45) is 0 Å². The Morgan fingerprint density at radius 3 is 2.74 bits per heavy atom. The summed E-state index contributed by atoms with van der Waals surface area (Å²) in [6.07, 6.45) is 1.50. The molecule has 0 aliphatic rings. The van der Waals surface area contributed by atoms with Crippen LogP contribution in [0.1, 0.15) is 10.4 Å². The highest BCUT2D eigenvalue weighted by Crippen LogP contribution is 2.30. The third-order valence-corrected chi connectivity index (χ3v) is 4.56. The molecule has 0 aliphatic carbocycles. The predicted molar refractivity (Wildman–Crippen MR) is 89.6 cm³/mol. The lowest BCUT2D eigenvalue weighted by molar-refractivity contribution is 0.0697. The molecule has 0 saturated heterocycles. The van der Waals surface area contributed by atoms with Gasteiger partial charge in [-0.05, 0) is 36.4 Å². The summed E-state index contributed by atoms with van der Waals surface area (Å²) >= 11 is 1.61. The zero-order chi connectivity index (χ0) is 15.8. The van der Waals surface area contributed by atoms with E-state index < -0.39 is 5.97 Å². The summed E-state index contributed by atoms with van der Waals surface area (Å²) in [5, 5.41) is 9.97. The van der Waals surface area contributed by atoms with Gasteiger partial charge in [0.2, 0.25) is 0 Å². The monoisotopic (exact) mass is 321 g/mol. The number of hydrogen-bond acceptors (Lipinski definition) is 4. The summed E-state index contributed by atoms with van der Waals surface area (Å²) in [5.41, 5.74) is 3.43. The lowest BCUT2D eigenvalue weighted by Crippen LogP contribution is -1.97. The van der Waals surface area contributed by atoms with Crippen LogP contribution >= 0.6 is 11.3 Å². The van der Waals surface area contributed by atoms with E-state index in [1.165, 1.54) is 12.3 Å². The molecule has 0 atom stereocenters. The van der Waals surface area contributed by atoms with E-state index in [2.05, 4.69) is 15.0 Å². The van der Waals surface area contributed by atoms with E-state index in [0.717, 1.165) is 26.6 Å². The Kier molecular flexibility index (Phi) is 3.17. The quantitative estimate of drug-likeness (QED) is 0.596. The number of aromatic amines is 1. The second-order valence-electron chi connectivity index (χ2n) is 5.01. The molecule has 0 radical (unpaired) electrons. The van der Waals surface area contributed by atoms with Gasteiger partial charge < -0.3 is 10.1 Å². The molecule has 0 spiro atoms. The third kappa shape index (κ3) is 2.49. The molecule has 0 unspecified atom stereocenters. The van der Waals surface area contributed by atoms with Crippen molar-refractivity contribution in [3.8, 4) is 22.1 Å². The Balaban J connectivity index is 1.74. The minimum atomic E-state index is -0.966. The molecule has 0 bridgehead atoms. The molecule has 5 nitrogen and oxygen atoms in total. The molecule has 0 saturated carbocycles. The van der Waals surface area contributed by atoms with Crippen LogP contribution < -0.4 is 0 Å². The first-order valence-corrected chi connectivity index (χ1v) is 7.77. The van der Waals surface area contributed by atoms with Gasteiger partial charge in [0.05, 0.1) is 32.9 Å². The maximum Gasteiger partial charge on any atom is 0.335 e. The van der Waals surface area contributed by atoms with Crippen LogP contribution in [-0.2, 0) is 0 Å². The number of nitrogens with zero attached hydrogens (tertiary/aromatic N) is 2. The number of H-pyrrole nitrogens is 1. The second-order valence-corrected chi connectivity index (χ2v) is 6.04. The van der Waals surface area contributed by atoms with Crippen LogP contribution in [0.4, 0.5) is 0 Å². The van der Waals surface area contributed by atoms with Gasteiger partial charge in [-0.3, -0.25) is 4.98 Å². The van der Waals surface area contributed by atoms with Crippen molar-refractivity contribution >= 4 is 27.5 Å². The van der Waals surface area contributed by atoms with E-state index in [1.54, 1.807) is 17.4 Å². The molecule has 23 heavy (non-hydrogen) atoms. The number of thiazole rings is 1. The number of aromatic carboxylic acids is 1. The Hall–Kier alpha value is -2.99. The van der Waals surface area contributed by atoms with Gasteiger partial charge in [-0.25, -0.2) is 9.78 Å². The fraction of sp³-hybridized carbons (Fsp3) is 0. The van der Waals surface area contributed by atoms with Crippen molar-refractivity contribution in [3.05, 3.63) is 60.3 Å². The molecule has 112 valence electrons. The van der Waals surface area contributed by atoms with Crippen molar-refractivity contribution in [2.45, 2.75) is 0 Å². The van der Waals surface area contributed by atoms with Crippen LogP contribution in [0.5, 0.6) is 0 Å². The van der Waals surface area contributed by atoms with Crippen molar-refractivity contribution in [2.75, 3.05) is 0 Å². The van der Waals surface area contributed by atoms with Crippen molar-refractivity contribution in [3.63, 3.8) is 0 Å². The molecule has 2 N–H and O–H groups in total.